The van der Waals surface area contributed by atoms with Gasteiger partial charge in [0, 0.05) is 0 Å². The average Bonchev–Trinajstić information content (AvgIpc) is 3.00. The van der Waals surface area contributed by atoms with E-state index >= 15 is 0 Å². The molecular weight excluding hydrogens is 388 g/mol. The van der Waals surface area contributed by atoms with Crippen molar-refractivity contribution in [1.29, 1.82) is 0 Å². The van der Waals surface area contributed by atoms with E-state index in [1.54, 1.807) is 13.8 Å². The van der Waals surface area contributed by atoms with Crippen molar-refractivity contribution in [2.75, 3.05) is 26.3 Å². The van der Waals surface area contributed by atoms with E-state index in [1.807, 2.05) is 0 Å². The van der Waals surface area contributed by atoms with Crippen molar-refractivity contribution < 1.29 is 38.2 Å². The number of amides is 4. The molecule has 12 heteroatoms. The minimum absolute atomic E-state index is 0.0971. The molecule has 0 spiro atoms. The van der Waals surface area contributed by atoms with Crippen LogP contribution < -0.4 is 0 Å². The van der Waals surface area contributed by atoms with Crippen LogP contribution in [0.1, 0.15) is 13.8 Å². The van der Waals surface area contributed by atoms with Gasteiger partial charge in [0.25, 0.3) is 10.5 Å². The van der Waals surface area contributed by atoms with Gasteiger partial charge in [0.1, 0.15) is 23.6 Å². The maximum Gasteiger partial charge on any atom is 0.326 e. The first-order valence-corrected chi connectivity index (χ1v) is 9.41. The van der Waals surface area contributed by atoms with Crippen molar-refractivity contribution in [3.05, 3.63) is 0 Å². The topological polar surface area (TPSA) is 127 Å². The summed E-state index contributed by atoms with van der Waals surface area (Å²) in [5, 5.41) is -3.69. The first-order valence-electron chi connectivity index (χ1n) is 7.65. The lowest BCUT2D eigenvalue weighted by Gasteiger charge is -2.15. The van der Waals surface area contributed by atoms with Crippen LogP contribution in [0.5, 0.6) is 0 Å². The molecule has 10 nitrogen and oxygen atoms in total. The van der Waals surface area contributed by atoms with Crippen LogP contribution in [0.25, 0.3) is 0 Å². The molecular formula is C14H16N2O8S2. The number of ether oxygens (including phenoxy) is 2. The molecule has 0 aliphatic carbocycles. The summed E-state index contributed by atoms with van der Waals surface area (Å²) in [6.45, 7) is 2.25. The molecule has 0 aromatic heterocycles. The number of nitrogens with zero attached hydrogens (tertiary/aromatic N) is 2. The lowest BCUT2D eigenvalue weighted by Crippen LogP contribution is -2.43. The van der Waals surface area contributed by atoms with Crippen LogP contribution in [0.3, 0.4) is 0 Å². The van der Waals surface area contributed by atoms with Gasteiger partial charge in [-0.1, -0.05) is 0 Å². The van der Waals surface area contributed by atoms with Crippen molar-refractivity contribution >= 4 is 57.8 Å². The predicted octanol–water partition coefficient (Wildman–Crippen LogP) is 0.241. The van der Waals surface area contributed by atoms with Crippen LogP contribution >= 0.6 is 23.5 Å². The standard InChI is InChI=1S/C14H16N2O8S2/c1-3-23-7(17)5-15-11(19)9(25-13(15)21)10-12(20)16(14(22)26-10)6-8(18)24-4-2/h9-10H,3-6H2,1-2H3. The van der Waals surface area contributed by atoms with Gasteiger partial charge in [0.15, 0.2) is 0 Å². The van der Waals surface area contributed by atoms with E-state index in [1.165, 1.54) is 0 Å². The Morgan fingerprint density at radius 1 is 0.808 bits per heavy atom. The third-order valence-corrected chi connectivity index (χ3v) is 5.85. The summed E-state index contributed by atoms with van der Waals surface area (Å²) in [4.78, 5) is 73.2. The second-order valence-electron chi connectivity index (χ2n) is 5.07. The SMILES string of the molecule is CCOC(=O)CN1C(=O)SC(C2SC(=O)N(CC(=O)OCC)C2=O)C1=O. The molecule has 2 aliphatic rings. The maximum absolute atomic E-state index is 12.4. The Hall–Kier alpha value is -2.08. The number of hydrogen-bond acceptors (Lipinski definition) is 10. The lowest BCUT2D eigenvalue weighted by atomic mass is 10.2. The van der Waals surface area contributed by atoms with E-state index in [2.05, 4.69) is 0 Å². The zero-order valence-corrected chi connectivity index (χ0v) is 15.6. The number of rotatable bonds is 7. The van der Waals surface area contributed by atoms with Gasteiger partial charge < -0.3 is 9.47 Å². The van der Waals surface area contributed by atoms with E-state index in [0.717, 1.165) is 0 Å². The van der Waals surface area contributed by atoms with Crippen molar-refractivity contribution in [2.45, 2.75) is 24.3 Å². The quantitative estimate of drug-likeness (QED) is 0.544. The van der Waals surface area contributed by atoms with Crippen LogP contribution in [-0.4, -0.2) is 80.8 Å². The van der Waals surface area contributed by atoms with E-state index in [0.29, 0.717) is 33.3 Å². The van der Waals surface area contributed by atoms with Crippen LogP contribution in [-0.2, 0) is 28.7 Å². The third kappa shape index (κ3) is 4.18. The fourth-order valence-electron chi connectivity index (χ4n) is 2.27. The number of hydrogen-bond donors (Lipinski definition) is 0. The molecule has 0 radical (unpaired) electrons. The van der Waals surface area contributed by atoms with Gasteiger partial charge in [-0.25, -0.2) is 0 Å². The molecule has 2 heterocycles. The highest BCUT2D eigenvalue weighted by Gasteiger charge is 2.53. The summed E-state index contributed by atoms with van der Waals surface area (Å²) in [5.41, 5.74) is 0. The van der Waals surface area contributed by atoms with Gasteiger partial charge in [0.2, 0.25) is 11.8 Å². The Labute approximate surface area is 156 Å². The van der Waals surface area contributed by atoms with Gasteiger partial charge >= 0.3 is 11.9 Å². The maximum atomic E-state index is 12.4. The van der Waals surface area contributed by atoms with Crippen LogP contribution in [0.4, 0.5) is 9.59 Å². The fourth-order valence-corrected chi connectivity index (χ4v) is 4.54. The lowest BCUT2D eigenvalue weighted by molar-refractivity contribution is -0.147. The summed E-state index contributed by atoms with van der Waals surface area (Å²) >= 11 is 1.14. The van der Waals surface area contributed by atoms with Crippen molar-refractivity contribution in [2.24, 2.45) is 0 Å². The van der Waals surface area contributed by atoms with Crippen LogP contribution in [0.15, 0.2) is 0 Å². The van der Waals surface area contributed by atoms with Gasteiger partial charge in [0.05, 0.1) is 13.2 Å². The first-order chi connectivity index (χ1) is 12.3. The van der Waals surface area contributed by atoms with Crippen molar-refractivity contribution in [3.8, 4) is 0 Å². The molecule has 142 valence electrons. The van der Waals surface area contributed by atoms with Crippen LogP contribution in [0, 0.1) is 0 Å². The molecule has 0 N–H and O–H groups in total. The normalized spacial score (nSPS) is 23.0. The zero-order chi connectivity index (χ0) is 19.4. The molecule has 2 saturated heterocycles. The Kier molecular flexibility index (Phi) is 6.64. The summed E-state index contributed by atoms with van der Waals surface area (Å²) in [5.74, 6) is -2.99. The predicted molar refractivity (Wildman–Crippen MR) is 90.2 cm³/mol. The van der Waals surface area contributed by atoms with E-state index in [9.17, 15) is 28.8 Å². The molecule has 2 unspecified atom stereocenters. The minimum Gasteiger partial charge on any atom is -0.465 e. The molecule has 2 atom stereocenters. The van der Waals surface area contributed by atoms with Crippen molar-refractivity contribution in [3.63, 3.8) is 0 Å². The Morgan fingerprint density at radius 2 is 1.15 bits per heavy atom. The molecule has 2 fully saturated rings. The molecule has 0 aromatic carbocycles. The average molecular weight is 404 g/mol. The first kappa shape index (κ1) is 20.2. The number of esters is 2. The number of carbonyl (C=O) groups is 6. The highest BCUT2D eigenvalue weighted by atomic mass is 32.2. The molecule has 2 aliphatic heterocycles. The molecule has 4 amide bonds. The number of thioether (sulfide) groups is 2. The highest BCUT2D eigenvalue weighted by molar-refractivity contribution is 8.19. The molecule has 0 aromatic rings. The van der Waals surface area contributed by atoms with Crippen molar-refractivity contribution in [1.82, 2.24) is 9.80 Å². The van der Waals surface area contributed by atoms with E-state index < -0.39 is 57.8 Å². The zero-order valence-electron chi connectivity index (χ0n) is 14.0. The Balaban J connectivity index is 2.07. The van der Waals surface area contributed by atoms with Crippen LogP contribution in [0.2, 0.25) is 0 Å². The Morgan fingerprint density at radius 3 is 1.46 bits per heavy atom. The van der Waals surface area contributed by atoms with Gasteiger partial charge in [-0.15, -0.1) is 0 Å². The molecule has 26 heavy (non-hydrogen) atoms. The molecule has 2 rings (SSSR count). The second kappa shape index (κ2) is 8.54. The minimum atomic E-state index is -1.15. The third-order valence-electron chi connectivity index (χ3n) is 3.38. The summed E-state index contributed by atoms with van der Waals surface area (Å²) in [7, 11) is 0. The summed E-state index contributed by atoms with van der Waals surface area (Å²) < 4.78 is 9.41. The fraction of sp³-hybridized carbons (Fsp3) is 0.571. The number of imide groups is 2. The highest BCUT2D eigenvalue weighted by Crippen LogP contribution is 2.39. The smallest absolute Gasteiger partial charge is 0.326 e. The summed E-state index contributed by atoms with van der Waals surface area (Å²) in [6.07, 6.45) is 0. The largest absolute Gasteiger partial charge is 0.465 e. The van der Waals surface area contributed by atoms with Gasteiger partial charge in [-0.2, -0.15) is 0 Å². The molecule has 0 bridgehead atoms. The van der Waals surface area contributed by atoms with Gasteiger partial charge in [-0.3, -0.25) is 38.6 Å². The van der Waals surface area contributed by atoms with E-state index in [-0.39, 0.29) is 13.2 Å². The monoisotopic (exact) mass is 404 g/mol. The Bertz CT molecular complexity index is 611. The van der Waals surface area contributed by atoms with Gasteiger partial charge in [-0.05, 0) is 37.4 Å². The number of carbonyl (C=O) groups excluding carboxylic acids is 6. The second-order valence-corrected chi connectivity index (χ2v) is 7.25. The molecule has 0 saturated carbocycles. The van der Waals surface area contributed by atoms with E-state index in [4.69, 9.17) is 9.47 Å². The summed E-state index contributed by atoms with van der Waals surface area (Å²) in [6, 6.07) is 0.